The van der Waals surface area contributed by atoms with Crippen molar-refractivity contribution in [2.75, 3.05) is 12.8 Å². The standard InChI is InChI=1S/C14H17N3O5S/c1-23(21,22)17(20)12-7-8-16(13(12)17)14(19)15-11(9-18)10-5-3-2-4-6-10/h2-6,9,11-13,20H,7-8H2,1H3/p+1. The van der Waals surface area contributed by atoms with Gasteiger partial charge in [-0.2, -0.15) is 13.6 Å². The Morgan fingerprint density at radius 2 is 2.09 bits per heavy atom. The van der Waals surface area contributed by atoms with Crippen LogP contribution in [0, 0.1) is 0 Å². The van der Waals surface area contributed by atoms with Gasteiger partial charge in [-0.1, -0.05) is 30.3 Å². The number of sulfonamides is 1. The van der Waals surface area contributed by atoms with Gasteiger partial charge in [0, 0.05) is 13.0 Å². The van der Waals surface area contributed by atoms with Gasteiger partial charge in [0.15, 0.2) is 0 Å². The lowest BCUT2D eigenvalue weighted by Gasteiger charge is -2.23. The predicted molar refractivity (Wildman–Crippen MR) is 79.6 cm³/mol. The minimum absolute atomic E-state index is 0.345. The Balaban J connectivity index is 1.74. The van der Waals surface area contributed by atoms with Crippen LogP contribution in [0.5, 0.6) is 0 Å². The number of likely N-dealkylation sites (tertiary alicyclic amines) is 1. The lowest BCUT2D eigenvalue weighted by molar-refractivity contribution is -0.920. The highest BCUT2D eigenvalue weighted by molar-refractivity contribution is 7.85. The maximum absolute atomic E-state index is 12.4. The van der Waals surface area contributed by atoms with Gasteiger partial charge in [-0.15, -0.1) is 0 Å². The summed E-state index contributed by atoms with van der Waals surface area (Å²) >= 11 is 0. The molecule has 1 aromatic rings. The van der Waals surface area contributed by atoms with Crippen molar-refractivity contribution >= 4 is 22.3 Å². The molecule has 0 spiro atoms. The number of hydrogen-bond acceptors (Lipinski definition) is 5. The van der Waals surface area contributed by atoms with Gasteiger partial charge in [0.25, 0.3) is 6.17 Å². The summed E-state index contributed by atoms with van der Waals surface area (Å²) in [4.78, 5) is 24.9. The number of amides is 2. The first-order chi connectivity index (χ1) is 10.8. The third kappa shape index (κ3) is 2.41. The quantitative estimate of drug-likeness (QED) is 0.463. The van der Waals surface area contributed by atoms with E-state index in [1.807, 2.05) is 0 Å². The Bertz CT molecular complexity index is 738. The molecule has 23 heavy (non-hydrogen) atoms. The minimum atomic E-state index is -3.74. The van der Waals surface area contributed by atoms with Gasteiger partial charge in [0.2, 0.25) is 6.04 Å². The molecule has 8 nitrogen and oxygen atoms in total. The molecule has 2 aliphatic rings. The highest BCUT2D eigenvalue weighted by atomic mass is 32.2. The number of hydrogen-bond donors (Lipinski definition) is 2. The van der Waals surface area contributed by atoms with E-state index in [1.54, 1.807) is 30.3 Å². The minimum Gasteiger partial charge on any atom is -0.324 e. The summed E-state index contributed by atoms with van der Waals surface area (Å²) in [6.45, 7) is 0.345. The summed E-state index contributed by atoms with van der Waals surface area (Å²) < 4.78 is 22.3. The third-order valence-corrected chi connectivity index (χ3v) is 6.01. The normalized spacial score (nSPS) is 30.4. The number of nitrogens with zero attached hydrogens (tertiary/aromatic N) is 2. The van der Waals surface area contributed by atoms with Gasteiger partial charge < -0.3 is 10.1 Å². The van der Waals surface area contributed by atoms with Gasteiger partial charge in [0.1, 0.15) is 12.3 Å². The summed E-state index contributed by atoms with van der Waals surface area (Å²) in [6, 6.07) is 6.84. The molecule has 124 valence electrons. The molecule has 2 aliphatic heterocycles. The second-order valence-corrected chi connectivity index (χ2v) is 7.89. The smallest absolute Gasteiger partial charge is 0.324 e. The van der Waals surface area contributed by atoms with Gasteiger partial charge in [-0.3, -0.25) is 4.90 Å². The van der Waals surface area contributed by atoms with E-state index in [-0.39, 0.29) is 0 Å². The first kappa shape index (κ1) is 15.9. The molecule has 4 atom stereocenters. The monoisotopic (exact) mass is 340 g/mol. The number of nitrogens with one attached hydrogen (secondary N) is 1. The molecule has 4 unspecified atom stereocenters. The molecule has 1 aromatic carbocycles. The van der Waals surface area contributed by atoms with E-state index in [4.69, 9.17) is 0 Å². The van der Waals surface area contributed by atoms with E-state index in [2.05, 4.69) is 5.32 Å². The molecule has 2 fully saturated rings. The number of rotatable bonds is 4. The van der Waals surface area contributed by atoms with Crippen LogP contribution in [0.3, 0.4) is 0 Å². The Morgan fingerprint density at radius 1 is 1.43 bits per heavy atom. The van der Waals surface area contributed by atoms with E-state index >= 15 is 0 Å². The summed E-state index contributed by atoms with van der Waals surface area (Å²) in [5, 5.41) is 12.8. The maximum atomic E-state index is 12.4. The summed E-state index contributed by atoms with van der Waals surface area (Å²) in [6.07, 6.45) is 1.16. The lowest BCUT2D eigenvalue weighted by Crippen LogP contribution is -2.48. The zero-order chi connectivity index (χ0) is 16.8. The molecule has 0 saturated carbocycles. The number of carbonyl (C=O) groups is 2. The van der Waals surface area contributed by atoms with E-state index in [9.17, 15) is 23.2 Å². The Kier molecular flexibility index (Phi) is 3.66. The molecule has 2 saturated heterocycles. The van der Waals surface area contributed by atoms with Crippen LogP contribution in [0.4, 0.5) is 4.79 Å². The molecule has 2 heterocycles. The van der Waals surface area contributed by atoms with E-state index < -0.39 is 38.4 Å². The number of benzene rings is 1. The average Bonchev–Trinajstić information content (AvgIpc) is 2.92. The van der Waals surface area contributed by atoms with Gasteiger partial charge in [0.05, 0.1) is 6.26 Å². The van der Waals surface area contributed by atoms with E-state index in [0.717, 1.165) is 6.26 Å². The summed E-state index contributed by atoms with van der Waals surface area (Å²) in [7, 11) is -3.74. The van der Waals surface area contributed by atoms with E-state index in [1.165, 1.54) is 4.90 Å². The fraction of sp³-hybridized carbons (Fsp3) is 0.429. The number of aldehydes is 1. The number of fused-ring (bicyclic) bond motifs is 1. The number of quaternary nitrogens is 1. The van der Waals surface area contributed by atoms with Crippen LogP contribution in [0.25, 0.3) is 0 Å². The topological polar surface area (TPSA) is 104 Å². The first-order valence-electron chi connectivity index (χ1n) is 7.19. The van der Waals surface area contributed by atoms with Crippen LogP contribution in [0.15, 0.2) is 30.3 Å². The fourth-order valence-corrected chi connectivity index (χ4v) is 4.53. The Labute approximate surface area is 133 Å². The molecule has 0 aromatic heterocycles. The first-order valence-corrected chi connectivity index (χ1v) is 9.04. The summed E-state index contributed by atoms with van der Waals surface area (Å²) in [5.41, 5.74) is 0.634. The van der Waals surface area contributed by atoms with Crippen LogP contribution >= 0.6 is 0 Å². The second kappa shape index (κ2) is 5.29. The summed E-state index contributed by atoms with van der Waals surface area (Å²) in [5.74, 6) is 0. The van der Waals surface area contributed by atoms with Crippen molar-refractivity contribution in [3.63, 3.8) is 0 Å². The Hall–Kier alpha value is -1.97. The second-order valence-electron chi connectivity index (χ2n) is 5.84. The van der Waals surface area contributed by atoms with Crippen LogP contribution < -0.4 is 5.32 Å². The van der Waals surface area contributed by atoms with Crippen molar-refractivity contribution in [2.45, 2.75) is 24.7 Å². The molecule has 2 amide bonds. The molecule has 0 aliphatic carbocycles. The van der Waals surface area contributed by atoms with Crippen molar-refractivity contribution in [3.8, 4) is 0 Å². The lowest BCUT2D eigenvalue weighted by atomic mass is 10.1. The van der Waals surface area contributed by atoms with Crippen LogP contribution in [-0.4, -0.2) is 59.9 Å². The number of hydroxylamine groups is 2. The zero-order valence-corrected chi connectivity index (χ0v) is 13.3. The van der Waals surface area contributed by atoms with E-state index in [0.29, 0.717) is 24.8 Å². The van der Waals surface area contributed by atoms with Crippen molar-refractivity contribution < 1.29 is 27.3 Å². The Morgan fingerprint density at radius 3 is 2.61 bits per heavy atom. The van der Waals surface area contributed by atoms with Crippen molar-refractivity contribution in [2.24, 2.45) is 0 Å². The predicted octanol–water partition coefficient (Wildman–Crippen LogP) is 0.216. The third-order valence-electron chi connectivity index (χ3n) is 4.46. The van der Waals surface area contributed by atoms with Crippen molar-refractivity contribution in [3.05, 3.63) is 35.9 Å². The zero-order valence-electron chi connectivity index (χ0n) is 12.5. The van der Waals surface area contributed by atoms with Crippen LogP contribution in [0.1, 0.15) is 18.0 Å². The number of urea groups is 1. The number of carbonyl (C=O) groups excluding carboxylic acids is 2. The molecular weight excluding hydrogens is 322 g/mol. The SMILES string of the molecule is CS(=O)(=O)[N+]1(O)C2CCN(C(=O)NC(C=O)c3ccccc3)C21. The molecule has 3 rings (SSSR count). The van der Waals surface area contributed by atoms with Crippen LogP contribution in [-0.2, 0) is 14.8 Å². The molecule has 2 N–H and O–H groups in total. The van der Waals surface area contributed by atoms with Crippen LogP contribution in [0.2, 0.25) is 0 Å². The van der Waals surface area contributed by atoms with Crippen molar-refractivity contribution in [1.82, 2.24) is 10.2 Å². The highest BCUT2D eigenvalue weighted by Gasteiger charge is 2.80. The van der Waals surface area contributed by atoms with Gasteiger partial charge in [-0.05, 0) is 9.62 Å². The van der Waals surface area contributed by atoms with Crippen molar-refractivity contribution in [1.29, 1.82) is 0 Å². The molecule has 0 bridgehead atoms. The van der Waals surface area contributed by atoms with Gasteiger partial charge in [-0.25, -0.2) is 4.79 Å². The largest absolute Gasteiger partial charge is 0.326 e. The molecule has 0 radical (unpaired) electrons. The fourth-order valence-electron chi connectivity index (χ4n) is 3.23. The molecule has 9 heteroatoms. The van der Waals surface area contributed by atoms with Gasteiger partial charge >= 0.3 is 16.1 Å². The maximum Gasteiger partial charge on any atom is 0.326 e. The molecular formula is C14H18N3O5S+. The highest BCUT2D eigenvalue weighted by Crippen LogP contribution is 2.49. The average molecular weight is 340 g/mol.